The zero-order valence-corrected chi connectivity index (χ0v) is 11.3. The van der Waals surface area contributed by atoms with Crippen LogP contribution < -0.4 is 0 Å². The van der Waals surface area contributed by atoms with Crippen LogP contribution in [0.4, 0.5) is 0 Å². The van der Waals surface area contributed by atoms with E-state index < -0.39 is 0 Å². The predicted molar refractivity (Wildman–Crippen MR) is 71.5 cm³/mol. The van der Waals surface area contributed by atoms with E-state index in [1.54, 1.807) is 0 Å². The summed E-state index contributed by atoms with van der Waals surface area (Å²) in [5.74, 6) is -0.0925. The Morgan fingerprint density at radius 3 is 3.00 bits per heavy atom. The molecule has 0 N–H and O–H groups in total. The maximum absolute atomic E-state index is 11.6. The van der Waals surface area contributed by atoms with Gasteiger partial charge in [0.1, 0.15) is 0 Å². The van der Waals surface area contributed by atoms with E-state index in [0.717, 1.165) is 43.1 Å². The number of methoxy groups -OCH3 is 1. The molecule has 0 radical (unpaired) electrons. The van der Waals surface area contributed by atoms with Crippen LogP contribution in [0, 0.1) is 5.92 Å². The number of rotatable bonds is 3. The van der Waals surface area contributed by atoms with E-state index in [2.05, 4.69) is 4.90 Å². The summed E-state index contributed by atoms with van der Waals surface area (Å²) in [6.45, 7) is 2.57. The number of nitrogens with zero attached hydrogens (tertiary/aromatic N) is 1. The van der Waals surface area contributed by atoms with Crippen molar-refractivity contribution in [2.45, 2.75) is 19.4 Å². The second kappa shape index (κ2) is 6.21. The molecule has 0 bridgehead atoms. The normalized spacial score (nSPS) is 20.7. The Morgan fingerprint density at radius 1 is 1.50 bits per heavy atom. The van der Waals surface area contributed by atoms with Crippen LogP contribution in [-0.2, 0) is 16.1 Å². The molecule has 4 heteroatoms. The molecule has 1 aromatic rings. The van der Waals surface area contributed by atoms with Crippen LogP contribution in [0.1, 0.15) is 18.4 Å². The van der Waals surface area contributed by atoms with Crippen molar-refractivity contribution < 1.29 is 9.53 Å². The van der Waals surface area contributed by atoms with Gasteiger partial charge in [-0.25, -0.2) is 0 Å². The Hall–Kier alpha value is -1.06. The van der Waals surface area contributed by atoms with E-state index in [1.165, 1.54) is 7.11 Å². The summed E-state index contributed by atoms with van der Waals surface area (Å²) >= 11 is 6.15. The number of halogens is 1. The third-order valence-electron chi connectivity index (χ3n) is 3.39. The van der Waals surface area contributed by atoms with Crippen molar-refractivity contribution in [2.75, 3.05) is 20.2 Å². The minimum absolute atomic E-state index is 0.00578. The van der Waals surface area contributed by atoms with Crippen molar-refractivity contribution in [1.82, 2.24) is 4.90 Å². The first-order valence-electron chi connectivity index (χ1n) is 6.24. The van der Waals surface area contributed by atoms with Crippen LogP contribution in [-0.4, -0.2) is 31.1 Å². The lowest BCUT2D eigenvalue weighted by atomic mass is 9.98. The molecule has 1 heterocycles. The molecule has 0 aromatic heterocycles. The van der Waals surface area contributed by atoms with Gasteiger partial charge in [-0.3, -0.25) is 9.69 Å². The van der Waals surface area contributed by atoms with Gasteiger partial charge in [-0.1, -0.05) is 29.8 Å². The van der Waals surface area contributed by atoms with Crippen molar-refractivity contribution in [1.29, 1.82) is 0 Å². The Kier molecular flexibility index (Phi) is 4.61. The zero-order valence-electron chi connectivity index (χ0n) is 10.6. The Labute approximate surface area is 113 Å². The van der Waals surface area contributed by atoms with Crippen LogP contribution in [0.25, 0.3) is 0 Å². The van der Waals surface area contributed by atoms with Gasteiger partial charge in [0.15, 0.2) is 0 Å². The molecular formula is C14H18ClNO2. The van der Waals surface area contributed by atoms with Gasteiger partial charge in [0.2, 0.25) is 0 Å². The topological polar surface area (TPSA) is 29.5 Å². The molecule has 0 amide bonds. The SMILES string of the molecule is COC(=O)C1CCCN(Cc2ccccc2Cl)C1. The van der Waals surface area contributed by atoms with Gasteiger partial charge in [-0.2, -0.15) is 0 Å². The highest BCUT2D eigenvalue weighted by Gasteiger charge is 2.26. The fraction of sp³-hybridized carbons (Fsp3) is 0.500. The molecule has 2 rings (SSSR count). The van der Waals surface area contributed by atoms with Crippen molar-refractivity contribution in [3.63, 3.8) is 0 Å². The van der Waals surface area contributed by atoms with Gasteiger partial charge in [0.25, 0.3) is 0 Å². The number of carbonyl (C=O) groups is 1. The van der Waals surface area contributed by atoms with E-state index in [4.69, 9.17) is 16.3 Å². The summed E-state index contributed by atoms with van der Waals surface area (Å²) in [4.78, 5) is 13.8. The average Bonchev–Trinajstić information content (AvgIpc) is 2.41. The zero-order chi connectivity index (χ0) is 13.0. The lowest BCUT2D eigenvalue weighted by Gasteiger charge is -2.31. The van der Waals surface area contributed by atoms with Gasteiger partial charge in [0, 0.05) is 18.1 Å². The summed E-state index contributed by atoms with van der Waals surface area (Å²) in [6, 6.07) is 7.85. The minimum Gasteiger partial charge on any atom is -0.469 e. The van der Waals surface area contributed by atoms with E-state index in [9.17, 15) is 4.79 Å². The van der Waals surface area contributed by atoms with Gasteiger partial charge in [-0.05, 0) is 31.0 Å². The van der Waals surface area contributed by atoms with E-state index in [-0.39, 0.29) is 11.9 Å². The van der Waals surface area contributed by atoms with Gasteiger partial charge in [-0.15, -0.1) is 0 Å². The molecule has 0 saturated carbocycles. The third-order valence-corrected chi connectivity index (χ3v) is 3.76. The molecule has 1 saturated heterocycles. The number of hydrogen-bond acceptors (Lipinski definition) is 3. The summed E-state index contributed by atoms with van der Waals surface area (Å²) in [5.41, 5.74) is 1.12. The highest BCUT2D eigenvalue weighted by molar-refractivity contribution is 6.31. The van der Waals surface area contributed by atoms with Crippen LogP contribution >= 0.6 is 11.6 Å². The smallest absolute Gasteiger partial charge is 0.309 e. The molecular weight excluding hydrogens is 250 g/mol. The summed E-state index contributed by atoms with van der Waals surface area (Å²) in [5, 5.41) is 0.790. The molecule has 3 nitrogen and oxygen atoms in total. The quantitative estimate of drug-likeness (QED) is 0.789. The number of ether oxygens (including phenoxy) is 1. The number of esters is 1. The number of piperidine rings is 1. The molecule has 1 fully saturated rings. The van der Waals surface area contributed by atoms with Crippen LogP contribution in [0.15, 0.2) is 24.3 Å². The molecule has 0 spiro atoms. The van der Waals surface area contributed by atoms with Gasteiger partial charge >= 0.3 is 5.97 Å². The first-order valence-corrected chi connectivity index (χ1v) is 6.62. The maximum Gasteiger partial charge on any atom is 0.309 e. The van der Waals surface area contributed by atoms with Crippen molar-refractivity contribution >= 4 is 17.6 Å². The first kappa shape index (κ1) is 13.4. The summed E-state index contributed by atoms with van der Waals surface area (Å²) in [7, 11) is 1.45. The number of carbonyl (C=O) groups excluding carboxylic acids is 1. The molecule has 18 heavy (non-hydrogen) atoms. The van der Waals surface area contributed by atoms with Gasteiger partial charge in [0.05, 0.1) is 13.0 Å². The Balaban J connectivity index is 1.98. The molecule has 98 valence electrons. The van der Waals surface area contributed by atoms with Crippen LogP contribution in [0.3, 0.4) is 0 Å². The Morgan fingerprint density at radius 2 is 2.28 bits per heavy atom. The lowest BCUT2D eigenvalue weighted by molar-refractivity contribution is -0.147. The molecule has 1 unspecified atom stereocenters. The third kappa shape index (κ3) is 3.24. The van der Waals surface area contributed by atoms with Crippen molar-refractivity contribution in [3.05, 3.63) is 34.9 Å². The Bertz CT molecular complexity index is 422. The second-order valence-electron chi connectivity index (χ2n) is 4.69. The van der Waals surface area contributed by atoms with Gasteiger partial charge < -0.3 is 4.74 Å². The van der Waals surface area contributed by atoms with Crippen molar-refractivity contribution in [3.8, 4) is 0 Å². The van der Waals surface area contributed by atoms with Crippen LogP contribution in [0.2, 0.25) is 5.02 Å². The molecule has 1 atom stereocenters. The highest BCUT2D eigenvalue weighted by Crippen LogP contribution is 2.22. The standard InChI is InChI=1S/C14H18ClNO2/c1-18-14(17)12-6-4-8-16(10-12)9-11-5-2-3-7-13(11)15/h2-3,5,7,12H,4,6,8-10H2,1H3. The summed E-state index contributed by atoms with van der Waals surface area (Å²) < 4.78 is 4.82. The molecule has 1 aliphatic heterocycles. The lowest BCUT2D eigenvalue weighted by Crippen LogP contribution is -2.38. The molecule has 1 aliphatic rings. The predicted octanol–water partition coefficient (Wildman–Crippen LogP) is 2.73. The number of benzene rings is 1. The maximum atomic E-state index is 11.6. The minimum atomic E-state index is -0.0983. The second-order valence-corrected chi connectivity index (χ2v) is 5.10. The molecule has 0 aliphatic carbocycles. The van der Waals surface area contributed by atoms with E-state index in [1.807, 2.05) is 24.3 Å². The van der Waals surface area contributed by atoms with Crippen LogP contribution in [0.5, 0.6) is 0 Å². The highest BCUT2D eigenvalue weighted by atomic mass is 35.5. The fourth-order valence-electron chi connectivity index (χ4n) is 2.43. The average molecular weight is 268 g/mol. The van der Waals surface area contributed by atoms with E-state index >= 15 is 0 Å². The number of likely N-dealkylation sites (tertiary alicyclic amines) is 1. The summed E-state index contributed by atoms with van der Waals surface area (Å²) in [6.07, 6.45) is 1.95. The van der Waals surface area contributed by atoms with E-state index in [0.29, 0.717) is 0 Å². The van der Waals surface area contributed by atoms with Crippen molar-refractivity contribution in [2.24, 2.45) is 5.92 Å². The monoisotopic (exact) mass is 267 g/mol. The molecule has 1 aromatic carbocycles. The number of hydrogen-bond donors (Lipinski definition) is 0. The first-order chi connectivity index (χ1) is 8.70. The largest absolute Gasteiger partial charge is 0.469 e. The fourth-order valence-corrected chi connectivity index (χ4v) is 2.62.